The van der Waals surface area contributed by atoms with Crippen LogP contribution in [-0.2, 0) is 65.4 Å². The van der Waals surface area contributed by atoms with Gasteiger partial charge in [-0.15, -0.1) is 0 Å². The van der Waals surface area contributed by atoms with Crippen LogP contribution >= 0.6 is 15.6 Å². The molecule has 3 N–H and O–H groups in total. The first kappa shape index (κ1) is 105. The molecular formula is C88H172O17P2. The van der Waals surface area contributed by atoms with E-state index in [1.807, 2.05) is 0 Å². The number of aliphatic hydroxyl groups is 1. The zero-order chi connectivity index (χ0) is 78.5. The fourth-order valence-electron chi connectivity index (χ4n) is 13.8. The molecule has 0 amide bonds. The van der Waals surface area contributed by atoms with Gasteiger partial charge in [-0.25, -0.2) is 9.13 Å². The van der Waals surface area contributed by atoms with Gasteiger partial charge in [-0.3, -0.25) is 37.3 Å². The fourth-order valence-corrected chi connectivity index (χ4v) is 15.4. The van der Waals surface area contributed by atoms with E-state index in [1.54, 1.807) is 0 Å². The van der Waals surface area contributed by atoms with Gasteiger partial charge in [-0.1, -0.05) is 420 Å². The number of carbonyl (C=O) groups excluding carboxylic acids is 4. The van der Waals surface area contributed by atoms with Gasteiger partial charge in [0.05, 0.1) is 26.4 Å². The van der Waals surface area contributed by atoms with E-state index in [0.717, 1.165) is 102 Å². The molecule has 19 heteroatoms. The maximum atomic E-state index is 13.2. The Hall–Kier alpha value is -1.94. The summed E-state index contributed by atoms with van der Waals surface area (Å²) in [4.78, 5) is 73.2. The summed E-state index contributed by atoms with van der Waals surface area (Å²) in [6.07, 6.45) is 72.5. The zero-order valence-electron chi connectivity index (χ0n) is 70.5. The highest BCUT2D eigenvalue weighted by atomic mass is 31.2. The van der Waals surface area contributed by atoms with Crippen LogP contribution in [0.5, 0.6) is 0 Å². The van der Waals surface area contributed by atoms with Crippen molar-refractivity contribution in [2.75, 3.05) is 39.6 Å². The number of phosphoric ester groups is 2. The van der Waals surface area contributed by atoms with Crippen LogP contribution in [0.3, 0.4) is 0 Å². The fraction of sp³-hybridized carbons (Fsp3) is 0.955. The Morgan fingerprint density at radius 2 is 0.430 bits per heavy atom. The zero-order valence-corrected chi connectivity index (χ0v) is 72.2. The van der Waals surface area contributed by atoms with Gasteiger partial charge in [0.2, 0.25) is 0 Å². The molecule has 0 aliphatic rings. The van der Waals surface area contributed by atoms with Crippen molar-refractivity contribution < 1.29 is 80.2 Å². The lowest BCUT2D eigenvalue weighted by Gasteiger charge is -2.21. The summed E-state index contributed by atoms with van der Waals surface area (Å²) < 4.78 is 68.9. The topological polar surface area (TPSA) is 237 Å². The van der Waals surface area contributed by atoms with E-state index in [0.29, 0.717) is 31.6 Å². The average Bonchev–Trinajstić information content (AvgIpc) is 0.902. The Bertz CT molecular complexity index is 2050. The summed E-state index contributed by atoms with van der Waals surface area (Å²) in [5, 5.41) is 10.7. The minimum absolute atomic E-state index is 0.106. The largest absolute Gasteiger partial charge is 0.472 e. The smallest absolute Gasteiger partial charge is 0.462 e. The molecule has 0 fully saturated rings. The van der Waals surface area contributed by atoms with Gasteiger partial charge >= 0.3 is 39.5 Å². The molecule has 636 valence electrons. The van der Waals surface area contributed by atoms with Crippen LogP contribution in [0.2, 0.25) is 0 Å². The van der Waals surface area contributed by atoms with Crippen molar-refractivity contribution in [3.63, 3.8) is 0 Å². The summed E-state index contributed by atoms with van der Waals surface area (Å²) >= 11 is 0. The van der Waals surface area contributed by atoms with Crippen molar-refractivity contribution in [1.82, 2.24) is 0 Å². The molecule has 0 aromatic heterocycles. The molecular weight excluding hydrogens is 1390 g/mol. The first-order chi connectivity index (χ1) is 51.9. The van der Waals surface area contributed by atoms with Crippen LogP contribution in [0, 0.1) is 11.8 Å². The molecule has 0 bridgehead atoms. The Morgan fingerprint density at radius 3 is 0.636 bits per heavy atom. The minimum Gasteiger partial charge on any atom is -0.462 e. The number of carbonyl (C=O) groups is 4. The monoisotopic (exact) mass is 1560 g/mol. The lowest BCUT2D eigenvalue weighted by Crippen LogP contribution is -2.30. The number of aliphatic hydroxyl groups excluding tert-OH is 1. The van der Waals surface area contributed by atoms with Gasteiger partial charge in [-0.05, 0) is 37.5 Å². The predicted molar refractivity (Wildman–Crippen MR) is 442 cm³/mol. The quantitative estimate of drug-likeness (QED) is 0.0222. The van der Waals surface area contributed by atoms with E-state index in [9.17, 15) is 43.2 Å². The summed E-state index contributed by atoms with van der Waals surface area (Å²) in [6, 6.07) is 0. The van der Waals surface area contributed by atoms with Crippen molar-refractivity contribution in [3.05, 3.63) is 0 Å². The van der Waals surface area contributed by atoms with Crippen molar-refractivity contribution >= 4 is 39.5 Å². The van der Waals surface area contributed by atoms with Crippen LogP contribution in [0.4, 0.5) is 0 Å². The first-order valence-electron chi connectivity index (χ1n) is 45.5. The number of ether oxygens (including phenoxy) is 4. The lowest BCUT2D eigenvalue weighted by atomic mass is 10.0. The molecule has 107 heavy (non-hydrogen) atoms. The normalized spacial score (nSPS) is 13.8. The molecule has 5 atom stereocenters. The molecule has 17 nitrogen and oxygen atoms in total. The van der Waals surface area contributed by atoms with E-state index in [-0.39, 0.29) is 25.7 Å². The van der Waals surface area contributed by atoms with E-state index in [4.69, 9.17) is 37.0 Å². The van der Waals surface area contributed by atoms with Gasteiger partial charge < -0.3 is 33.8 Å². The standard InChI is InChI=1S/C88H172O17P2/c1-7-9-11-13-15-17-19-21-23-25-27-29-30-32-34-36-38-43-47-53-60-66-72-87(92)104-83(76-98-85(90)70-64-58-52-46-42-37-35-33-31-28-26-24-22-20-18-16-14-12-10-8-2)78-102-106(94,95)100-74-82(89)75-101-107(96,97)103-79-84(77-99-86(91)71-65-59-55-49-51-57-63-69-81(5)6)105-88(93)73-67-61-54-48-44-40-39-41-45-50-56-62-68-80(3)4/h80-84,89H,7-79H2,1-6H3,(H,94,95)(H,96,97)/t82-,83-,84-/m1/s1. The van der Waals surface area contributed by atoms with Crippen LogP contribution < -0.4 is 0 Å². The van der Waals surface area contributed by atoms with Crippen LogP contribution in [0.1, 0.15) is 472 Å². The molecule has 0 heterocycles. The SMILES string of the molecule is CCCCCCCCCCCCCCCCCCCCCCCCC(=O)O[C@H](COC(=O)CCCCCCCCCCCCCCCCCCCCCC)COP(=O)(O)OC[C@@H](O)COP(=O)(O)OC[C@@H](COC(=O)CCCCCCCCCC(C)C)OC(=O)CCCCCCCCCCCCCCC(C)C. The van der Waals surface area contributed by atoms with Crippen LogP contribution in [-0.4, -0.2) is 96.7 Å². The number of phosphoric acid groups is 2. The minimum atomic E-state index is -4.97. The van der Waals surface area contributed by atoms with Crippen molar-refractivity contribution in [2.45, 2.75) is 490 Å². The molecule has 0 saturated carbocycles. The molecule has 2 unspecified atom stereocenters. The molecule has 0 rings (SSSR count). The maximum Gasteiger partial charge on any atom is 0.472 e. The summed E-state index contributed by atoms with van der Waals surface area (Å²) in [7, 11) is -9.93. The molecule has 0 aromatic carbocycles. The molecule has 0 radical (unpaired) electrons. The van der Waals surface area contributed by atoms with Crippen LogP contribution in [0.15, 0.2) is 0 Å². The molecule has 0 aromatic rings. The Labute approximate surface area is 658 Å². The Balaban J connectivity index is 5.21. The number of hydrogen-bond donors (Lipinski definition) is 3. The highest BCUT2D eigenvalue weighted by molar-refractivity contribution is 7.47. The van der Waals surface area contributed by atoms with Crippen LogP contribution in [0.25, 0.3) is 0 Å². The highest BCUT2D eigenvalue weighted by Gasteiger charge is 2.30. The second-order valence-electron chi connectivity index (χ2n) is 32.6. The van der Waals surface area contributed by atoms with E-state index < -0.39 is 97.5 Å². The third-order valence-corrected chi connectivity index (χ3v) is 22.6. The Kier molecular flexibility index (Phi) is 77.9. The van der Waals surface area contributed by atoms with Crippen molar-refractivity contribution in [2.24, 2.45) is 11.8 Å². The number of hydrogen-bond acceptors (Lipinski definition) is 15. The van der Waals surface area contributed by atoms with Crippen molar-refractivity contribution in [1.29, 1.82) is 0 Å². The van der Waals surface area contributed by atoms with Gasteiger partial charge in [0.1, 0.15) is 19.3 Å². The number of rotatable bonds is 87. The van der Waals surface area contributed by atoms with Gasteiger partial charge in [0.15, 0.2) is 12.2 Å². The van der Waals surface area contributed by atoms with Gasteiger partial charge in [0, 0.05) is 25.7 Å². The second-order valence-corrected chi connectivity index (χ2v) is 35.5. The summed E-state index contributed by atoms with van der Waals surface area (Å²) in [6.45, 7) is 9.63. The third kappa shape index (κ3) is 81.9. The lowest BCUT2D eigenvalue weighted by molar-refractivity contribution is -0.161. The second kappa shape index (κ2) is 79.3. The van der Waals surface area contributed by atoms with E-state index in [1.165, 1.54) is 283 Å². The van der Waals surface area contributed by atoms with Gasteiger partial charge in [-0.2, -0.15) is 0 Å². The molecule has 0 aliphatic carbocycles. The highest BCUT2D eigenvalue weighted by Crippen LogP contribution is 2.45. The predicted octanol–water partition coefficient (Wildman–Crippen LogP) is 27.0. The number of esters is 4. The summed E-state index contributed by atoms with van der Waals surface area (Å²) in [5.41, 5.74) is 0. The molecule has 0 saturated heterocycles. The summed E-state index contributed by atoms with van der Waals surface area (Å²) in [5.74, 6) is -0.621. The molecule has 0 aliphatic heterocycles. The molecule has 0 spiro atoms. The van der Waals surface area contributed by atoms with Crippen molar-refractivity contribution in [3.8, 4) is 0 Å². The first-order valence-corrected chi connectivity index (χ1v) is 48.5. The maximum absolute atomic E-state index is 13.2. The Morgan fingerprint density at radius 1 is 0.252 bits per heavy atom. The number of unbranched alkanes of at least 4 members (excludes halogenated alkanes) is 57. The van der Waals surface area contributed by atoms with E-state index in [2.05, 4.69) is 41.5 Å². The van der Waals surface area contributed by atoms with Gasteiger partial charge in [0.25, 0.3) is 0 Å². The third-order valence-electron chi connectivity index (χ3n) is 20.7. The van der Waals surface area contributed by atoms with E-state index >= 15 is 0 Å². The average molecular weight is 1560 g/mol.